The van der Waals surface area contributed by atoms with Gasteiger partial charge in [-0.3, -0.25) is 10.1 Å². The molecule has 1 aromatic rings. The van der Waals surface area contributed by atoms with Crippen molar-refractivity contribution in [1.82, 2.24) is 0 Å². The van der Waals surface area contributed by atoms with E-state index in [9.17, 15) is 10.1 Å². The molecule has 0 spiro atoms. The number of hydrogen-bond acceptors (Lipinski definition) is 4. The first-order valence-corrected chi connectivity index (χ1v) is 4.76. The largest absolute Gasteiger partial charge is 0.398 e. The molecule has 15 heavy (non-hydrogen) atoms. The fourth-order valence-electron chi connectivity index (χ4n) is 1.35. The van der Waals surface area contributed by atoms with Gasteiger partial charge in [0.2, 0.25) is 0 Å². The molecule has 0 bridgehead atoms. The average molecular weight is 210 g/mol. The molecule has 5 heteroatoms. The van der Waals surface area contributed by atoms with E-state index in [1.165, 1.54) is 6.07 Å². The Morgan fingerprint density at radius 2 is 2.27 bits per heavy atom. The molecule has 82 valence electrons. The molecule has 0 aliphatic heterocycles. The van der Waals surface area contributed by atoms with Gasteiger partial charge < -0.3 is 10.5 Å². The van der Waals surface area contributed by atoms with Crippen LogP contribution in [-0.2, 0) is 11.2 Å². The van der Waals surface area contributed by atoms with Gasteiger partial charge in [-0.15, -0.1) is 0 Å². The minimum Gasteiger partial charge on any atom is -0.398 e. The third kappa shape index (κ3) is 2.92. The lowest BCUT2D eigenvalue weighted by atomic mass is 10.1. The molecule has 0 heterocycles. The Balaban J connectivity index is 2.87. The van der Waals surface area contributed by atoms with E-state index in [4.69, 9.17) is 10.5 Å². The van der Waals surface area contributed by atoms with Crippen molar-refractivity contribution in [3.63, 3.8) is 0 Å². The molecule has 0 aromatic heterocycles. The Labute approximate surface area is 88.0 Å². The van der Waals surface area contributed by atoms with Crippen LogP contribution >= 0.6 is 0 Å². The van der Waals surface area contributed by atoms with Crippen molar-refractivity contribution in [2.75, 3.05) is 18.9 Å². The summed E-state index contributed by atoms with van der Waals surface area (Å²) in [4.78, 5) is 10.3. The molecule has 1 rings (SSSR count). The Kier molecular flexibility index (Phi) is 4.05. The number of benzene rings is 1. The predicted molar refractivity (Wildman–Crippen MR) is 57.7 cm³/mol. The summed E-state index contributed by atoms with van der Waals surface area (Å²) < 4.78 is 5.15. The van der Waals surface area contributed by atoms with Gasteiger partial charge in [0.05, 0.1) is 17.1 Å². The maximum absolute atomic E-state index is 10.7. The SMILES string of the molecule is CCOCCc1c(N)cccc1[N+](=O)[O-]. The molecule has 0 fully saturated rings. The summed E-state index contributed by atoms with van der Waals surface area (Å²) in [5, 5.41) is 10.7. The third-order valence-corrected chi connectivity index (χ3v) is 2.08. The van der Waals surface area contributed by atoms with Crippen LogP contribution in [0, 0.1) is 10.1 Å². The van der Waals surface area contributed by atoms with Crippen molar-refractivity contribution in [3.8, 4) is 0 Å². The van der Waals surface area contributed by atoms with Crippen molar-refractivity contribution < 1.29 is 9.66 Å². The zero-order valence-electron chi connectivity index (χ0n) is 8.60. The Hall–Kier alpha value is -1.62. The van der Waals surface area contributed by atoms with Gasteiger partial charge in [0.1, 0.15) is 0 Å². The second-order valence-corrected chi connectivity index (χ2v) is 3.05. The van der Waals surface area contributed by atoms with E-state index in [1.807, 2.05) is 6.92 Å². The first-order chi connectivity index (χ1) is 7.16. The van der Waals surface area contributed by atoms with Gasteiger partial charge >= 0.3 is 0 Å². The number of nitrogens with two attached hydrogens (primary N) is 1. The lowest BCUT2D eigenvalue weighted by molar-refractivity contribution is -0.385. The molecule has 0 aliphatic carbocycles. The number of nitro groups is 1. The molecule has 0 aliphatic rings. The summed E-state index contributed by atoms with van der Waals surface area (Å²) >= 11 is 0. The fourth-order valence-corrected chi connectivity index (χ4v) is 1.35. The molecular weight excluding hydrogens is 196 g/mol. The molecule has 0 saturated carbocycles. The number of nitrogen functional groups attached to an aromatic ring is 1. The predicted octanol–water partition coefficient (Wildman–Crippen LogP) is 1.76. The van der Waals surface area contributed by atoms with Crippen molar-refractivity contribution in [1.29, 1.82) is 0 Å². The normalized spacial score (nSPS) is 10.2. The highest BCUT2D eigenvalue weighted by atomic mass is 16.6. The zero-order valence-corrected chi connectivity index (χ0v) is 8.60. The van der Waals surface area contributed by atoms with Gasteiger partial charge in [-0.25, -0.2) is 0 Å². The molecule has 5 nitrogen and oxygen atoms in total. The second kappa shape index (κ2) is 5.31. The van der Waals surface area contributed by atoms with Gasteiger partial charge in [-0.1, -0.05) is 6.07 Å². The van der Waals surface area contributed by atoms with E-state index in [0.29, 0.717) is 30.9 Å². The minimum absolute atomic E-state index is 0.0645. The second-order valence-electron chi connectivity index (χ2n) is 3.05. The maximum atomic E-state index is 10.7. The van der Waals surface area contributed by atoms with E-state index in [2.05, 4.69) is 0 Å². The van der Waals surface area contributed by atoms with Gasteiger partial charge in [-0.2, -0.15) is 0 Å². The zero-order chi connectivity index (χ0) is 11.3. The fraction of sp³-hybridized carbons (Fsp3) is 0.400. The average Bonchev–Trinajstić information content (AvgIpc) is 2.20. The van der Waals surface area contributed by atoms with E-state index in [1.54, 1.807) is 12.1 Å². The van der Waals surface area contributed by atoms with Crippen molar-refractivity contribution in [2.45, 2.75) is 13.3 Å². The van der Waals surface area contributed by atoms with Crippen LogP contribution < -0.4 is 5.73 Å². The molecule has 2 N–H and O–H groups in total. The minimum atomic E-state index is -0.419. The van der Waals surface area contributed by atoms with Crippen LogP contribution in [0.5, 0.6) is 0 Å². The molecule has 0 radical (unpaired) electrons. The maximum Gasteiger partial charge on any atom is 0.274 e. The number of nitro benzene ring substituents is 1. The standard InChI is InChI=1S/C10H14N2O3/c1-2-15-7-6-8-9(11)4-3-5-10(8)12(13)14/h3-5H,2,6-7,11H2,1H3. The van der Waals surface area contributed by atoms with E-state index in [-0.39, 0.29) is 5.69 Å². The van der Waals surface area contributed by atoms with Crippen LogP contribution in [-0.4, -0.2) is 18.1 Å². The smallest absolute Gasteiger partial charge is 0.274 e. The van der Waals surface area contributed by atoms with Crippen LogP contribution in [0.25, 0.3) is 0 Å². The molecule has 0 amide bonds. The summed E-state index contributed by atoms with van der Waals surface area (Å²) in [6.45, 7) is 2.93. The highest BCUT2D eigenvalue weighted by molar-refractivity contribution is 5.57. The number of hydrogen-bond donors (Lipinski definition) is 1. The van der Waals surface area contributed by atoms with Crippen LogP contribution in [0.1, 0.15) is 12.5 Å². The topological polar surface area (TPSA) is 78.4 Å². The van der Waals surface area contributed by atoms with Gasteiger partial charge in [0.15, 0.2) is 0 Å². The molecular formula is C10H14N2O3. The molecule has 0 unspecified atom stereocenters. The Morgan fingerprint density at radius 1 is 1.53 bits per heavy atom. The summed E-state index contributed by atoms with van der Waals surface area (Å²) in [6, 6.07) is 4.70. The first-order valence-electron chi connectivity index (χ1n) is 4.76. The number of anilines is 1. The summed E-state index contributed by atoms with van der Waals surface area (Å²) in [7, 11) is 0. The summed E-state index contributed by atoms with van der Waals surface area (Å²) in [5.74, 6) is 0. The van der Waals surface area contributed by atoms with Crippen molar-refractivity contribution >= 4 is 11.4 Å². The Bertz CT molecular complexity index is 353. The first kappa shape index (κ1) is 11.5. The third-order valence-electron chi connectivity index (χ3n) is 2.08. The van der Waals surface area contributed by atoms with Crippen LogP contribution in [0.3, 0.4) is 0 Å². The lowest BCUT2D eigenvalue weighted by Crippen LogP contribution is -2.05. The highest BCUT2D eigenvalue weighted by Gasteiger charge is 2.15. The summed E-state index contributed by atoms with van der Waals surface area (Å²) in [6.07, 6.45) is 0.469. The number of ether oxygens (including phenoxy) is 1. The Morgan fingerprint density at radius 3 is 2.87 bits per heavy atom. The van der Waals surface area contributed by atoms with E-state index >= 15 is 0 Å². The molecule has 0 saturated heterocycles. The quantitative estimate of drug-likeness (QED) is 0.347. The highest BCUT2D eigenvalue weighted by Crippen LogP contribution is 2.24. The number of nitrogens with zero attached hydrogens (tertiary/aromatic N) is 1. The lowest BCUT2D eigenvalue weighted by Gasteiger charge is -2.06. The van der Waals surface area contributed by atoms with Crippen molar-refractivity contribution in [3.05, 3.63) is 33.9 Å². The van der Waals surface area contributed by atoms with Crippen molar-refractivity contribution in [2.24, 2.45) is 0 Å². The summed E-state index contributed by atoms with van der Waals surface area (Å²) in [5.41, 5.74) is 6.75. The van der Waals surface area contributed by atoms with E-state index < -0.39 is 4.92 Å². The van der Waals surface area contributed by atoms with Gasteiger partial charge in [0.25, 0.3) is 5.69 Å². The van der Waals surface area contributed by atoms with Crippen LogP contribution in [0.4, 0.5) is 11.4 Å². The van der Waals surface area contributed by atoms with Crippen LogP contribution in [0.2, 0.25) is 0 Å². The molecule has 0 atom stereocenters. The van der Waals surface area contributed by atoms with Crippen LogP contribution in [0.15, 0.2) is 18.2 Å². The van der Waals surface area contributed by atoms with E-state index in [0.717, 1.165) is 0 Å². The van der Waals surface area contributed by atoms with Gasteiger partial charge in [0, 0.05) is 24.8 Å². The van der Waals surface area contributed by atoms with Gasteiger partial charge in [-0.05, 0) is 13.0 Å². The monoisotopic (exact) mass is 210 g/mol. The molecule has 1 aromatic carbocycles. The number of rotatable bonds is 5.